The molecule has 0 aliphatic heterocycles. The van der Waals surface area contributed by atoms with Crippen molar-refractivity contribution in [3.63, 3.8) is 0 Å². The Kier molecular flexibility index (Phi) is 10.4. The Morgan fingerprint density at radius 3 is 2.24 bits per heavy atom. The number of benzene rings is 2. The Hall–Kier alpha value is -2.59. The molecule has 0 aliphatic carbocycles. The minimum atomic E-state index is -3.77. The standard InChI is InChI=1S/C24H32BrN3O5S/c1-5-6-15-26-24(30)18(2)27(16-19-7-9-20(25)10-8-19)23(29)17-28(34(4,31)32)21-11-13-22(33-3)14-12-21/h7-14,18H,5-6,15-17H2,1-4H3,(H,26,30). The van der Waals surface area contributed by atoms with E-state index < -0.39 is 28.5 Å². The summed E-state index contributed by atoms with van der Waals surface area (Å²) >= 11 is 3.39. The van der Waals surface area contributed by atoms with Crippen molar-refractivity contribution < 1.29 is 22.7 Å². The molecule has 0 saturated heterocycles. The molecule has 1 atom stereocenters. The predicted molar refractivity (Wildman–Crippen MR) is 137 cm³/mol. The highest BCUT2D eigenvalue weighted by Crippen LogP contribution is 2.22. The van der Waals surface area contributed by atoms with Crippen molar-refractivity contribution in [2.45, 2.75) is 39.3 Å². The van der Waals surface area contributed by atoms with Crippen LogP contribution in [0.3, 0.4) is 0 Å². The summed E-state index contributed by atoms with van der Waals surface area (Å²) in [5, 5.41) is 2.86. The van der Waals surface area contributed by atoms with Crippen LogP contribution in [0.5, 0.6) is 5.75 Å². The normalized spacial score (nSPS) is 12.0. The van der Waals surface area contributed by atoms with Crippen molar-refractivity contribution in [3.05, 3.63) is 58.6 Å². The molecule has 186 valence electrons. The van der Waals surface area contributed by atoms with E-state index in [4.69, 9.17) is 4.74 Å². The molecule has 8 nitrogen and oxygen atoms in total. The van der Waals surface area contributed by atoms with Crippen molar-refractivity contribution >= 4 is 43.5 Å². The highest BCUT2D eigenvalue weighted by molar-refractivity contribution is 9.10. The fourth-order valence-corrected chi connectivity index (χ4v) is 4.38. The summed E-state index contributed by atoms with van der Waals surface area (Å²) in [6.45, 7) is 3.92. The number of hydrogen-bond acceptors (Lipinski definition) is 5. The maximum absolute atomic E-state index is 13.4. The minimum absolute atomic E-state index is 0.161. The highest BCUT2D eigenvalue weighted by atomic mass is 79.9. The molecule has 2 aromatic rings. The van der Waals surface area contributed by atoms with Gasteiger partial charge in [-0.05, 0) is 55.3 Å². The van der Waals surface area contributed by atoms with Gasteiger partial charge in [0.2, 0.25) is 21.8 Å². The summed E-state index contributed by atoms with van der Waals surface area (Å²) in [6, 6.07) is 13.0. The van der Waals surface area contributed by atoms with Gasteiger partial charge in [0.1, 0.15) is 18.3 Å². The SMILES string of the molecule is CCCCNC(=O)C(C)N(Cc1ccc(Br)cc1)C(=O)CN(c1ccc(OC)cc1)S(C)(=O)=O. The number of sulfonamides is 1. The number of carbonyl (C=O) groups is 2. The van der Waals surface area contributed by atoms with E-state index in [-0.39, 0.29) is 12.5 Å². The van der Waals surface area contributed by atoms with E-state index in [0.717, 1.165) is 33.4 Å². The molecule has 1 N–H and O–H groups in total. The third-order valence-corrected chi connectivity index (χ3v) is 6.97. The van der Waals surface area contributed by atoms with E-state index in [2.05, 4.69) is 21.2 Å². The van der Waals surface area contributed by atoms with Crippen molar-refractivity contribution in [2.75, 3.05) is 30.8 Å². The van der Waals surface area contributed by atoms with Gasteiger partial charge in [-0.25, -0.2) is 8.42 Å². The second kappa shape index (κ2) is 12.8. The summed E-state index contributed by atoms with van der Waals surface area (Å²) in [4.78, 5) is 27.6. The van der Waals surface area contributed by atoms with Crippen LogP contribution in [0.4, 0.5) is 5.69 Å². The second-order valence-corrected chi connectivity index (χ2v) is 10.8. The summed E-state index contributed by atoms with van der Waals surface area (Å²) < 4.78 is 32.2. The van der Waals surface area contributed by atoms with Crippen LogP contribution >= 0.6 is 15.9 Å². The number of amides is 2. The molecule has 2 amide bonds. The van der Waals surface area contributed by atoms with E-state index in [1.807, 2.05) is 31.2 Å². The predicted octanol–water partition coefficient (Wildman–Crippen LogP) is 3.56. The van der Waals surface area contributed by atoms with E-state index >= 15 is 0 Å². The Bertz CT molecular complexity index is 1060. The average molecular weight is 555 g/mol. The van der Waals surface area contributed by atoms with Crippen LogP contribution in [-0.4, -0.2) is 57.6 Å². The number of unbranched alkanes of at least 4 members (excludes halogenated alkanes) is 1. The van der Waals surface area contributed by atoms with Gasteiger partial charge >= 0.3 is 0 Å². The van der Waals surface area contributed by atoms with Crippen molar-refractivity contribution in [1.82, 2.24) is 10.2 Å². The number of anilines is 1. The fourth-order valence-electron chi connectivity index (χ4n) is 3.27. The Labute approximate surface area is 210 Å². The molecular weight excluding hydrogens is 522 g/mol. The number of methoxy groups -OCH3 is 1. The van der Waals surface area contributed by atoms with Gasteiger partial charge in [-0.3, -0.25) is 13.9 Å². The highest BCUT2D eigenvalue weighted by Gasteiger charge is 2.30. The maximum Gasteiger partial charge on any atom is 0.244 e. The van der Waals surface area contributed by atoms with Crippen LogP contribution in [0, 0.1) is 0 Å². The number of halogens is 1. The molecule has 0 aliphatic rings. The second-order valence-electron chi connectivity index (χ2n) is 7.94. The third kappa shape index (κ3) is 8.02. The number of carbonyl (C=O) groups excluding carboxylic acids is 2. The number of rotatable bonds is 12. The average Bonchev–Trinajstić information content (AvgIpc) is 2.81. The molecule has 0 radical (unpaired) electrons. The molecule has 0 spiro atoms. The third-order valence-electron chi connectivity index (χ3n) is 5.30. The lowest BCUT2D eigenvalue weighted by molar-refractivity contribution is -0.139. The zero-order valence-electron chi connectivity index (χ0n) is 20.0. The van der Waals surface area contributed by atoms with Crippen LogP contribution in [0.1, 0.15) is 32.3 Å². The van der Waals surface area contributed by atoms with E-state index in [1.54, 1.807) is 31.2 Å². The summed E-state index contributed by atoms with van der Waals surface area (Å²) in [7, 11) is -2.26. The molecule has 0 saturated carbocycles. The van der Waals surface area contributed by atoms with E-state index in [9.17, 15) is 18.0 Å². The summed E-state index contributed by atoms with van der Waals surface area (Å²) in [6.07, 6.45) is 2.81. The lowest BCUT2D eigenvalue weighted by atomic mass is 10.1. The molecule has 0 heterocycles. The lowest BCUT2D eigenvalue weighted by Gasteiger charge is -2.31. The number of nitrogens with one attached hydrogen (secondary N) is 1. The van der Waals surface area contributed by atoms with Gasteiger partial charge in [0.15, 0.2) is 0 Å². The quantitative estimate of drug-likeness (QED) is 0.405. The van der Waals surface area contributed by atoms with Crippen LogP contribution in [0.2, 0.25) is 0 Å². The van der Waals surface area contributed by atoms with Crippen molar-refractivity contribution in [1.29, 1.82) is 0 Å². The maximum atomic E-state index is 13.4. The van der Waals surface area contributed by atoms with Crippen molar-refractivity contribution in [2.24, 2.45) is 0 Å². The Morgan fingerprint density at radius 1 is 1.09 bits per heavy atom. The van der Waals surface area contributed by atoms with Crippen LogP contribution in [0.25, 0.3) is 0 Å². The van der Waals surface area contributed by atoms with E-state index in [0.29, 0.717) is 18.0 Å². The zero-order chi connectivity index (χ0) is 25.3. The van der Waals surface area contributed by atoms with Gasteiger partial charge in [0, 0.05) is 17.6 Å². The Balaban J connectivity index is 2.32. The molecule has 2 aromatic carbocycles. The summed E-state index contributed by atoms with van der Waals surface area (Å²) in [5.74, 6) is -0.200. The smallest absolute Gasteiger partial charge is 0.244 e. The zero-order valence-corrected chi connectivity index (χ0v) is 22.4. The molecule has 0 bridgehead atoms. The number of ether oxygens (including phenoxy) is 1. The van der Waals surface area contributed by atoms with Gasteiger partial charge in [-0.2, -0.15) is 0 Å². The summed E-state index contributed by atoms with van der Waals surface area (Å²) in [5.41, 5.74) is 1.15. The number of hydrogen-bond donors (Lipinski definition) is 1. The first-order valence-corrected chi connectivity index (χ1v) is 13.6. The molecular formula is C24H32BrN3O5S. The monoisotopic (exact) mass is 553 g/mol. The lowest BCUT2D eigenvalue weighted by Crippen LogP contribution is -2.51. The van der Waals surface area contributed by atoms with E-state index in [1.165, 1.54) is 12.0 Å². The first kappa shape index (κ1) is 27.7. The first-order valence-electron chi connectivity index (χ1n) is 11.0. The van der Waals surface area contributed by atoms with Crippen LogP contribution in [-0.2, 0) is 26.2 Å². The fraction of sp³-hybridized carbons (Fsp3) is 0.417. The first-order chi connectivity index (χ1) is 16.1. The molecule has 2 rings (SSSR count). The van der Waals surface area contributed by atoms with Gasteiger partial charge in [0.25, 0.3) is 0 Å². The molecule has 34 heavy (non-hydrogen) atoms. The van der Waals surface area contributed by atoms with Gasteiger partial charge in [-0.15, -0.1) is 0 Å². The van der Waals surface area contributed by atoms with Crippen molar-refractivity contribution in [3.8, 4) is 5.75 Å². The molecule has 1 unspecified atom stereocenters. The topological polar surface area (TPSA) is 96.0 Å². The van der Waals surface area contributed by atoms with Gasteiger partial charge in [0.05, 0.1) is 19.1 Å². The Morgan fingerprint density at radius 2 is 1.71 bits per heavy atom. The van der Waals surface area contributed by atoms with Crippen LogP contribution < -0.4 is 14.4 Å². The largest absolute Gasteiger partial charge is 0.497 e. The van der Waals surface area contributed by atoms with Gasteiger partial charge < -0.3 is 15.0 Å². The number of nitrogens with zero attached hydrogens (tertiary/aromatic N) is 2. The van der Waals surface area contributed by atoms with Gasteiger partial charge in [-0.1, -0.05) is 41.4 Å². The molecule has 0 aromatic heterocycles. The molecule has 0 fully saturated rings. The minimum Gasteiger partial charge on any atom is -0.497 e. The molecule has 10 heteroatoms. The van der Waals surface area contributed by atoms with Crippen LogP contribution in [0.15, 0.2) is 53.0 Å².